The number of ether oxygens (including phenoxy) is 3. The minimum Gasteiger partial charge on any atom is -0.497 e. The summed E-state index contributed by atoms with van der Waals surface area (Å²) < 4.78 is 42.9. The number of carbonyl (C=O) groups is 1. The molecule has 0 aliphatic rings. The van der Waals surface area contributed by atoms with Gasteiger partial charge in [0.15, 0.2) is 11.5 Å². The zero-order valence-corrected chi connectivity index (χ0v) is 17.7. The maximum absolute atomic E-state index is 12.6. The second-order valence-electron chi connectivity index (χ2n) is 6.25. The fourth-order valence-corrected chi connectivity index (χ4v) is 3.83. The van der Waals surface area contributed by atoms with Crippen molar-refractivity contribution in [2.24, 2.45) is 0 Å². The van der Waals surface area contributed by atoms with E-state index in [0.29, 0.717) is 18.7 Å². The van der Waals surface area contributed by atoms with E-state index in [0.717, 1.165) is 11.3 Å². The zero-order chi connectivity index (χ0) is 21.4. The van der Waals surface area contributed by atoms with Gasteiger partial charge in [-0.3, -0.25) is 4.79 Å². The Morgan fingerprint density at radius 2 is 1.62 bits per heavy atom. The Labute approximate surface area is 171 Å². The van der Waals surface area contributed by atoms with Crippen LogP contribution in [-0.2, 0) is 21.2 Å². The molecule has 0 unspecified atom stereocenters. The Kier molecular flexibility index (Phi) is 7.86. The average Bonchev–Trinajstić information content (AvgIpc) is 2.73. The highest BCUT2D eigenvalue weighted by molar-refractivity contribution is 7.89. The van der Waals surface area contributed by atoms with Crippen LogP contribution in [0.25, 0.3) is 0 Å². The van der Waals surface area contributed by atoms with E-state index in [4.69, 9.17) is 14.2 Å². The molecule has 2 aromatic rings. The molecule has 0 heterocycles. The number of nitrogens with one attached hydrogen (secondary N) is 2. The van der Waals surface area contributed by atoms with Gasteiger partial charge in [0.2, 0.25) is 15.9 Å². The molecule has 9 heteroatoms. The monoisotopic (exact) mass is 422 g/mol. The molecule has 158 valence electrons. The van der Waals surface area contributed by atoms with Gasteiger partial charge in [-0.15, -0.1) is 0 Å². The van der Waals surface area contributed by atoms with Gasteiger partial charge >= 0.3 is 0 Å². The molecule has 1 atom stereocenters. The first-order chi connectivity index (χ1) is 13.8. The number of carbonyl (C=O) groups excluding carboxylic acids is 1. The van der Waals surface area contributed by atoms with Crippen molar-refractivity contribution >= 4 is 15.9 Å². The molecule has 0 fully saturated rings. The number of hydrogen-bond donors (Lipinski definition) is 2. The van der Waals surface area contributed by atoms with Gasteiger partial charge in [0.25, 0.3) is 0 Å². The molecule has 2 aromatic carbocycles. The zero-order valence-electron chi connectivity index (χ0n) is 16.9. The molecule has 0 saturated heterocycles. The largest absolute Gasteiger partial charge is 0.497 e. The third kappa shape index (κ3) is 6.10. The number of rotatable bonds is 10. The Morgan fingerprint density at radius 3 is 2.21 bits per heavy atom. The lowest BCUT2D eigenvalue weighted by molar-refractivity contribution is -0.122. The van der Waals surface area contributed by atoms with Gasteiger partial charge in [-0.1, -0.05) is 12.1 Å². The standard InChI is InChI=1S/C20H26N2O6S/c1-14(20(23)21-12-11-15-5-7-16(26-2)8-6-15)22-29(24,25)17-9-10-18(27-3)19(13-17)28-4/h5-10,13-14,22H,11-12H2,1-4H3,(H,21,23)/t14-/m1/s1. The number of sulfonamides is 1. The summed E-state index contributed by atoms with van der Waals surface area (Å²) >= 11 is 0. The van der Waals surface area contributed by atoms with Crippen molar-refractivity contribution in [3.05, 3.63) is 48.0 Å². The topological polar surface area (TPSA) is 103 Å². The van der Waals surface area contributed by atoms with E-state index in [-0.39, 0.29) is 10.6 Å². The van der Waals surface area contributed by atoms with Gasteiger partial charge in [0.05, 0.1) is 32.3 Å². The highest BCUT2D eigenvalue weighted by Gasteiger charge is 2.23. The Balaban J connectivity index is 1.93. The Hall–Kier alpha value is -2.78. The van der Waals surface area contributed by atoms with E-state index < -0.39 is 22.0 Å². The van der Waals surface area contributed by atoms with Crippen LogP contribution in [0.15, 0.2) is 47.4 Å². The van der Waals surface area contributed by atoms with Gasteiger partial charge in [-0.2, -0.15) is 4.72 Å². The predicted octanol–water partition coefficient (Wildman–Crippen LogP) is 1.74. The minimum absolute atomic E-state index is 0.0203. The van der Waals surface area contributed by atoms with Crippen LogP contribution in [0.1, 0.15) is 12.5 Å². The molecule has 2 N–H and O–H groups in total. The van der Waals surface area contributed by atoms with Crippen molar-refractivity contribution in [2.45, 2.75) is 24.3 Å². The van der Waals surface area contributed by atoms with Crippen LogP contribution >= 0.6 is 0 Å². The van der Waals surface area contributed by atoms with Crippen LogP contribution in [0.5, 0.6) is 17.2 Å². The number of hydrogen-bond acceptors (Lipinski definition) is 6. The van der Waals surface area contributed by atoms with Crippen LogP contribution in [0.2, 0.25) is 0 Å². The fraction of sp³-hybridized carbons (Fsp3) is 0.350. The number of benzene rings is 2. The Bertz CT molecular complexity index is 928. The summed E-state index contributed by atoms with van der Waals surface area (Å²) in [5.41, 5.74) is 1.03. The average molecular weight is 423 g/mol. The van der Waals surface area contributed by atoms with E-state index in [1.54, 1.807) is 7.11 Å². The molecule has 0 bridgehead atoms. The lowest BCUT2D eigenvalue weighted by Gasteiger charge is -2.15. The molecule has 1 amide bonds. The third-order valence-corrected chi connectivity index (χ3v) is 5.80. The SMILES string of the molecule is COc1ccc(CCNC(=O)[C@@H](C)NS(=O)(=O)c2ccc(OC)c(OC)c2)cc1. The molecule has 0 aromatic heterocycles. The van der Waals surface area contributed by atoms with Crippen molar-refractivity contribution in [2.75, 3.05) is 27.9 Å². The summed E-state index contributed by atoms with van der Waals surface area (Å²) in [6.07, 6.45) is 0.616. The van der Waals surface area contributed by atoms with E-state index in [9.17, 15) is 13.2 Å². The van der Waals surface area contributed by atoms with Crippen LogP contribution in [0.4, 0.5) is 0 Å². The molecule has 2 rings (SSSR count). The summed E-state index contributed by atoms with van der Waals surface area (Å²) in [6, 6.07) is 10.8. The van der Waals surface area contributed by atoms with Crippen LogP contribution in [-0.4, -0.2) is 48.2 Å². The number of amides is 1. The van der Waals surface area contributed by atoms with E-state index in [1.165, 1.54) is 39.3 Å². The first-order valence-electron chi connectivity index (χ1n) is 8.95. The lowest BCUT2D eigenvalue weighted by atomic mass is 10.1. The number of methoxy groups -OCH3 is 3. The molecule has 29 heavy (non-hydrogen) atoms. The molecule has 0 spiro atoms. The van der Waals surface area contributed by atoms with Gasteiger partial charge < -0.3 is 19.5 Å². The van der Waals surface area contributed by atoms with Crippen molar-refractivity contribution < 1.29 is 27.4 Å². The van der Waals surface area contributed by atoms with Gasteiger partial charge in [0, 0.05) is 12.6 Å². The fourth-order valence-electron chi connectivity index (χ4n) is 2.61. The van der Waals surface area contributed by atoms with Gasteiger partial charge in [-0.25, -0.2) is 8.42 Å². The van der Waals surface area contributed by atoms with Gasteiger partial charge in [-0.05, 0) is 43.2 Å². The molecule has 0 saturated carbocycles. The Morgan fingerprint density at radius 1 is 0.966 bits per heavy atom. The summed E-state index contributed by atoms with van der Waals surface area (Å²) in [5.74, 6) is 1.04. The van der Waals surface area contributed by atoms with Crippen molar-refractivity contribution in [1.29, 1.82) is 0 Å². The summed E-state index contributed by atoms with van der Waals surface area (Å²) in [6.45, 7) is 1.87. The van der Waals surface area contributed by atoms with Crippen LogP contribution < -0.4 is 24.2 Å². The van der Waals surface area contributed by atoms with E-state index >= 15 is 0 Å². The maximum atomic E-state index is 12.6. The first-order valence-corrected chi connectivity index (χ1v) is 10.4. The summed E-state index contributed by atoms with van der Waals surface area (Å²) in [7, 11) is 0.568. The first kappa shape index (κ1) is 22.5. The van der Waals surface area contributed by atoms with Crippen LogP contribution in [0.3, 0.4) is 0 Å². The van der Waals surface area contributed by atoms with Crippen LogP contribution in [0, 0.1) is 0 Å². The minimum atomic E-state index is -3.91. The highest BCUT2D eigenvalue weighted by Crippen LogP contribution is 2.29. The van der Waals surface area contributed by atoms with Crippen molar-refractivity contribution in [3.8, 4) is 17.2 Å². The lowest BCUT2D eigenvalue weighted by Crippen LogP contribution is -2.45. The normalized spacial score (nSPS) is 12.1. The second kappa shape index (κ2) is 10.1. The van der Waals surface area contributed by atoms with Crippen molar-refractivity contribution in [1.82, 2.24) is 10.0 Å². The maximum Gasteiger partial charge on any atom is 0.241 e. The van der Waals surface area contributed by atoms with Crippen molar-refractivity contribution in [3.63, 3.8) is 0 Å². The highest BCUT2D eigenvalue weighted by atomic mass is 32.2. The van der Waals surface area contributed by atoms with E-state index in [1.807, 2.05) is 24.3 Å². The summed E-state index contributed by atoms with van der Waals surface area (Å²) in [4.78, 5) is 12.2. The molecule has 0 aliphatic heterocycles. The molecular formula is C20H26N2O6S. The molecule has 0 radical (unpaired) electrons. The molecular weight excluding hydrogens is 396 g/mol. The molecule has 8 nitrogen and oxygen atoms in total. The smallest absolute Gasteiger partial charge is 0.241 e. The quantitative estimate of drug-likeness (QED) is 0.605. The second-order valence-corrected chi connectivity index (χ2v) is 7.96. The van der Waals surface area contributed by atoms with E-state index in [2.05, 4.69) is 10.0 Å². The predicted molar refractivity (Wildman–Crippen MR) is 109 cm³/mol. The summed E-state index contributed by atoms with van der Waals surface area (Å²) in [5, 5.41) is 2.73. The third-order valence-electron chi connectivity index (χ3n) is 4.26. The molecule has 0 aliphatic carbocycles. The van der Waals surface area contributed by atoms with Gasteiger partial charge in [0.1, 0.15) is 5.75 Å².